The van der Waals surface area contributed by atoms with Crippen molar-refractivity contribution in [2.45, 2.75) is 27.2 Å². The number of carbonyl (C=O) groups excluding carboxylic acids is 2. The van der Waals surface area contributed by atoms with Crippen molar-refractivity contribution in [2.75, 3.05) is 0 Å². The van der Waals surface area contributed by atoms with E-state index in [2.05, 4.69) is 53.9 Å². The van der Waals surface area contributed by atoms with Crippen LogP contribution < -0.4 is 0 Å². The van der Waals surface area contributed by atoms with Gasteiger partial charge in [0.2, 0.25) is 0 Å². The largest absolute Gasteiger partial charge is 0.318 e. The summed E-state index contributed by atoms with van der Waals surface area (Å²) in [5.74, 6) is 1.04. The molecule has 6 atom stereocenters. The van der Waals surface area contributed by atoms with Crippen molar-refractivity contribution < 1.29 is 9.59 Å². The molecular weight excluding hydrogens is 374 g/mol. The number of aromatic nitrogens is 1. The van der Waals surface area contributed by atoms with E-state index < -0.39 is 0 Å². The molecule has 1 aliphatic heterocycles. The van der Waals surface area contributed by atoms with Crippen LogP contribution in [0.5, 0.6) is 0 Å². The van der Waals surface area contributed by atoms with Crippen LogP contribution in [0.25, 0.3) is 5.69 Å². The van der Waals surface area contributed by atoms with Crippen molar-refractivity contribution in [2.24, 2.45) is 40.6 Å². The summed E-state index contributed by atoms with van der Waals surface area (Å²) >= 11 is 0. The second-order valence-corrected chi connectivity index (χ2v) is 9.34. The van der Waals surface area contributed by atoms with Crippen molar-refractivity contribution in [3.63, 3.8) is 0 Å². The van der Waals surface area contributed by atoms with Gasteiger partial charge >= 0.3 is 0 Å². The predicted octanol–water partition coefficient (Wildman–Crippen LogP) is 3.79. The minimum absolute atomic E-state index is 0.112. The van der Waals surface area contributed by atoms with E-state index in [-0.39, 0.29) is 35.5 Å². The van der Waals surface area contributed by atoms with Crippen molar-refractivity contribution in [3.8, 4) is 5.69 Å². The van der Waals surface area contributed by atoms with Crippen LogP contribution in [0.4, 0.5) is 0 Å². The summed E-state index contributed by atoms with van der Waals surface area (Å²) < 4.78 is 2.20. The Hall–Kier alpha value is -2.95. The van der Waals surface area contributed by atoms with Crippen LogP contribution in [0.15, 0.2) is 47.6 Å². The van der Waals surface area contributed by atoms with Gasteiger partial charge in [0.1, 0.15) is 0 Å². The van der Waals surface area contributed by atoms with E-state index >= 15 is 0 Å². The molecule has 1 aromatic heterocycles. The van der Waals surface area contributed by atoms with Crippen LogP contribution in [0.3, 0.4) is 0 Å². The number of rotatable bonds is 3. The first-order valence-electron chi connectivity index (χ1n) is 10.8. The summed E-state index contributed by atoms with van der Waals surface area (Å²) in [5, 5.41) is 5.58. The van der Waals surface area contributed by atoms with Gasteiger partial charge < -0.3 is 4.57 Å². The molecular formula is C25H25N3O2. The van der Waals surface area contributed by atoms with Crippen LogP contribution in [-0.4, -0.2) is 27.6 Å². The Morgan fingerprint density at radius 2 is 1.60 bits per heavy atom. The molecule has 30 heavy (non-hydrogen) atoms. The first-order chi connectivity index (χ1) is 14.5. The van der Waals surface area contributed by atoms with Crippen molar-refractivity contribution in [3.05, 3.63) is 65.0 Å². The lowest BCUT2D eigenvalue weighted by molar-refractivity contribution is -0.140. The van der Waals surface area contributed by atoms with Gasteiger partial charge in [0, 0.05) is 22.6 Å². The highest BCUT2D eigenvalue weighted by atomic mass is 16.2. The average Bonchev–Trinajstić information content (AvgIpc) is 3.46. The maximum atomic E-state index is 13.1. The van der Waals surface area contributed by atoms with Crippen LogP contribution in [0, 0.1) is 56.3 Å². The van der Waals surface area contributed by atoms with Crippen LogP contribution in [-0.2, 0) is 9.59 Å². The Morgan fingerprint density at radius 3 is 2.23 bits per heavy atom. The highest BCUT2D eigenvalue weighted by Crippen LogP contribution is 2.65. The Balaban J connectivity index is 1.32. The summed E-state index contributed by atoms with van der Waals surface area (Å²) in [7, 11) is 0. The first kappa shape index (κ1) is 17.9. The Bertz CT molecular complexity index is 1120. The number of aryl methyl sites for hydroxylation is 2. The van der Waals surface area contributed by atoms with E-state index in [4.69, 9.17) is 0 Å². The van der Waals surface area contributed by atoms with Gasteiger partial charge in [-0.1, -0.05) is 30.4 Å². The zero-order chi connectivity index (χ0) is 20.7. The zero-order valence-corrected chi connectivity index (χ0v) is 17.4. The van der Waals surface area contributed by atoms with Crippen molar-refractivity contribution in [1.29, 1.82) is 0 Å². The maximum absolute atomic E-state index is 13.1. The molecule has 1 aromatic carbocycles. The Morgan fingerprint density at radius 1 is 0.967 bits per heavy atom. The number of carbonyl (C=O) groups is 2. The average molecular weight is 399 g/mol. The molecule has 5 heteroatoms. The van der Waals surface area contributed by atoms with Crippen molar-refractivity contribution in [1.82, 2.24) is 9.58 Å². The van der Waals surface area contributed by atoms with Gasteiger partial charge in [-0.2, -0.15) is 10.1 Å². The predicted molar refractivity (Wildman–Crippen MR) is 114 cm³/mol. The first-order valence-corrected chi connectivity index (χ1v) is 10.8. The van der Waals surface area contributed by atoms with Crippen molar-refractivity contribution >= 4 is 18.0 Å². The van der Waals surface area contributed by atoms with Gasteiger partial charge in [0.15, 0.2) is 0 Å². The SMILES string of the molecule is Cc1ccccc1-n1c(C)cc(/C=N\N2C(=O)[C@@H]3[C@H]4C=C[C@@H]([C@@H]5C[C@H]45)[C@H]3C2=O)c1C. The van der Waals surface area contributed by atoms with Gasteiger partial charge in [0.05, 0.1) is 18.1 Å². The number of hydrazone groups is 1. The number of benzene rings is 1. The zero-order valence-electron chi connectivity index (χ0n) is 17.4. The molecule has 2 amide bonds. The van der Waals surface area contributed by atoms with Gasteiger partial charge in [-0.25, -0.2) is 0 Å². The molecule has 152 valence electrons. The summed E-state index contributed by atoms with van der Waals surface area (Å²) in [6, 6.07) is 10.3. The Kier molecular flexibility index (Phi) is 3.59. The van der Waals surface area contributed by atoms with Crippen LogP contribution in [0.2, 0.25) is 0 Å². The summed E-state index contributed by atoms with van der Waals surface area (Å²) in [6.07, 6.45) is 7.23. The summed E-state index contributed by atoms with van der Waals surface area (Å²) in [6.45, 7) is 6.21. The molecule has 5 aliphatic rings. The van der Waals surface area contributed by atoms with Gasteiger partial charge in [0.25, 0.3) is 11.8 Å². The van der Waals surface area contributed by atoms with E-state index in [1.807, 2.05) is 19.1 Å². The lowest BCUT2D eigenvalue weighted by Crippen LogP contribution is -2.40. The third-order valence-electron chi connectivity index (χ3n) is 7.78. The number of hydrogen-bond donors (Lipinski definition) is 0. The third kappa shape index (κ3) is 2.26. The molecule has 2 bridgehead atoms. The molecule has 2 heterocycles. The van der Waals surface area contributed by atoms with E-state index in [0.29, 0.717) is 11.8 Å². The number of nitrogens with zero attached hydrogens (tertiary/aromatic N) is 3. The fourth-order valence-electron chi connectivity index (χ4n) is 6.28. The van der Waals surface area contributed by atoms with Gasteiger partial charge in [-0.3, -0.25) is 9.59 Å². The minimum Gasteiger partial charge on any atom is -0.318 e. The molecule has 1 saturated heterocycles. The number of para-hydroxylation sites is 1. The van der Waals surface area contributed by atoms with Gasteiger partial charge in [-0.15, -0.1) is 0 Å². The van der Waals surface area contributed by atoms with Gasteiger partial charge in [-0.05, 0) is 68.6 Å². The second kappa shape index (κ2) is 6.03. The monoisotopic (exact) mass is 399 g/mol. The van der Waals surface area contributed by atoms with E-state index in [0.717, 1.165) is 27.6 Å². The highest BCUT2D eigenvalue weighted by Gasteiger charge is 2.67. The molecule has 0 spiro atoms. The normalized spacial score (nSPS) is 33.5. The fourth-order valence-corrected chi connectivity index (χ4v) is 6.28. The highest BCUT2D eigenvalue weighted by molar-refractivity contribution is 6.06. The maximum Gasteiger partial charge on any atom is 0.254 e. The second-order valence-electron chi connectivity index (χ2n) is 9.34. The molecule has 2 saturated carbocycles. The minimum atomic E-state index is -0.201. The molecule has 0 N–H and O–H groups in total. The molecule has 2 aromatic rings. The molecule has 7 rings (SSSR count). The molecule has 0 radical (unpaired) electrons. The smallest absolute Gasteiger partial charge is 0.254 e. The van der Waals surface area contributed by atoms with Crippen LogP contribution >= 0.6 is 0 Å². The molecule has 0 unspecified atom stereocenters. The summed E-state index contributed by atoms with van der Waals surface area (Å²) in [4.78, 5) is 26.2. The standard InChI is InChI=1S/C25H25N3O2/c1-13-6-4-5-7-21(13)27-14(2)10-16(15(27)3)12-26-28-24(29)22-17-8-9-18(20-11-19(17)20)23(22)25(28)30/h4-10,12,17-20,22-23H,11H2,1-3H3/b26-12-/t17-,18-,19-,20+,22+,23+/m0/s1. The number of imide groups is 1. The number of allylic oxidation sites excluding steroid dienone is 2. The Labute approximate surface area is 176 Å². The third-order valence-corrected chi connectivity index (χ3v) is 7.78. The molecule has 5 nitrogen and oxygen atoms in total. The van der Waals surface area contributed by atoms with E-state index in [1.54, 1.807) is 6.21 Å². The summed E-state index contributed by atoms with van der Waals surface area (Å²) in [5.41, 5.74) is 5.39. The van der Waals surface area contributed by atoms with E-state index in [9.17, 15) is 9.59 Å². The lowest BCUT2D eigenvalue weighted by atomic mass is 9.63. The number of amides is 2. The quantitative estimate of drug-likeness (QED) is 0.448. The fraction of sp³-hybridized carbons (Fsp3) is 0.400. The molecule has 4 aliphatic carbocycles. The topological polar surface area (TPSA) is 54.7 Å². The van der Waals surface area contributed by atoms with E-state index in [1.165, 1.54) is 12.0 Å². The number of hydrogen-bond acceptors (Lipinski definition) is 3. The lowest BCUT2D eigenvalue weighted by Gasteiger charge is -2.37. The van der Waals surface area contributed by atoms with Crippen LogP contribution in [0.1, 0.15) is 28.9 Å². The molecule has 3 fully saturated rings.